The third kappa shape index (κ3) is 4.76. The van der Waals surface area contributed by atoms with Gasteiger partial charge < -0.3 is 0 Å². The maximum Gasteiger partial charge on any atom is 0.285 e. The number of aromatic nitrogens is 2. The summed E-state index contributed by atoms with van der Waals surface area (Å²) in [6.07, 6.45) is 4.79. The number of hydrogen-bond donors (Lipinski definition) is 1. The van der Waals surface area contributed by atoms with Crippen LogP contribution in [-0.4, -0.2) is 34.0 Å². The molecule has 4 rings (SSSR count). The summed E-state index contributed by atoms with van der Waals surface area (Å²) in [4.78, 5) is 22.0. The Kier molecular flexibility index (Phi) is 6.54. The van der Waals surface area contributed by atoms with Crippen LogP contribution in [0.3, 0.4) is 0 Å². The molecule has 1 aliphatic heterocycles. The molecule has 0 spiro atoms. The summed E-state index contributed by atoms with van der Waals surface area (Å²) in [6.45, 7) is 1.66. The first-order valence-corrected chi connectivity index (χ1v) is 10.8. The van der Waals surface area contributed by atoms with Crippen LogP contribution in [0.2, 0.25) is 15.1 Å². The lowest BCUT2D eigenvalue weighted by atomic mass is 10.0. The van der Waals surface area contributed by atoms with Gasteiger partial charge >= 0.3 is 0 Å². The average molecular weight is 462 g/mol. The minimum Gasteiger partial charge on any atom is -0.283 e. The average Bonchev–Trinajstić information content (AvgIpc) is 2.75. The molecule has 1 amide bonds. The Bertz CT molecular complexity index is 1070. The highest BCUT2D eigenvalue weighted by molar-refractivity contribution is 6.36. The second-order valence-electron chi connectivity index (χ2n) is 7.07. The maximum absolute atomic E-state index is 12.8. The monoisotopic (exact) mass is 460 g/mol. The van der Waals surface area contributed by atoms with Crippen LogP contribution in [0.15, 0.2) is 48.7 Å². The Balaban J connectivity index is 1.75. The molecule has 0 saturated carbocycles. The predicted molar refractivity (Wildman–Crippen MR) is 121 cm³/mol. The molecule has 0 radical (unpaired) electrons. The summed E-state index contributed by atoms with van der Waals surface area (Å²) < 4.78 is 0. The molecule has 30 heavy (non-hydrogen) atoms. The molecule has 2 heterocycles. The predicted octanol–water partition coefficient (Wildman–Crippen LogP) is 5.90. The van der Waals surface area contributed by atoms with Crippen molar-refractivity contribution in [1.82, 2.24) is 20.4 Å². The molecule has 2 aromatic carbocycles. The van der Waals surface area contributed by atoms with Crippen molar-refractivity contribution in [3.05, 3.63) is 69.4 Å². The number of rotatable bonds is 4. The van der Waals surface area contributed by atoms with E-state index in [1.165, 1.54) is 12.6 Å². The summed E-state index contributed by atoms with van der Waals surface area (Å²) in [5.41, 5.74) is 5.71. The van der Waals surface area contributed by atoms with Gasteiger partial charge in [0.05, 0.1) is 22.6 Å². The van der Waals surface area contributed by atoms with E-state index in [1.54, 1.807) is 30.3 Å². The molecule has 1 saturated heterocycles. The third-order valence-electron chi connectivity index (χ3n) is 4.92. The van der Waals surface area contributed by atoms with E-state index in [4.69, 9.17) is 34.8 Å². The van der Waals surface area contributed by atoms with Gasteiger partial charge in [0.2, 0.25) is 0 Å². The SMILES string of the molecule is O=C(NN1CCCCC1)c1cnc(-c2ccc(Cl)cc2)c(-c2ccc(Cl)cc2Cl)n1. The van der Waals surface area contributed by atoms with Gasteiger partial charge in [-0.25, -0.2) is 9.99 Å². The Morgan fingerprint density at radius 1 is 0.900 bits per heavy atom. The molecule has 1 aromatic heterocycles. The number of benzene rings is 2. The molecule has 0 unspecified atom stereocenters. The van der Waals surface area contributed by atoms with E-state index in [0.717, 1.165) is 31.5 Å². The fourth-order valence-electron chi connectivity index (χ4n) is 3.39. The number of piperidine rings is 1. The lowest BCUT2D eigenvalue weighted by Gasteiger charge is -2.26. The number of carbonyl (C=O) groups excluding carboxylic acids is 1. The van der Waals surface area contributed by atoms with Gasteiger partial charge in [-0.05, 0) is 43.2 Å². The second kappa shape index (κ2) is 9.31. The van der Waals surface area contributed by atoms with Gasteiger partial charge in [0.25, 0.3) is 5.91 Å². The minimum atomic E-state index is -0.293. The van der Waals surface area contributed by atoms with Crippen molar-refractivity contribution in [1.29, 1.82) is 0 Å². The number of nitrogens with one attached hydrogen (secondary N) is 1. The Hall–Kier alpha value is -2.18. The normalized spacial score (nSPS) is 14.5. The van der Waals surface area contributed by atoms with Crippen molar-refractivity contribution in [2.45, 2.75) is 19.3 Å². The lowest BCUT2D eigenvalue weighted by molar-refractivity contribution is 0.0744. The molecule has 5 nitrogen and oxygen atoms in total. The summed E-state index contributed by atoms with van der Waals surface area (Å²) >= 11 is 18.5. The summed E-state index contributed by atoms with van der Waals surface area (Å²) in [6, 6.07) is 12.4. The van der Waals surface area contributed by atoms with Crippen LogP contribution in [0, 0.1) is 0 Å². The van der Waals surface area contributed by atoms with Crippen molar-refractivity contribution in [3.8, 4) is 22.5 Å². The highest BCUT2D eigenvalue weighted by Crippen LogP contribution is 2.35. The smallest absolute Gasteiger partial charge is 0.283 e. The van der Waals surface area contributed by atoms with Gasteiger partial charge in [0.1, 0.15) is 5.69 Å². The molecule has 0 bridgehead atoms. The third-order valence-corrected chi connectivity index (χ3v) is 5.72. The topological polar surface area (TPSA) is 58.1 Å². The van der Waals surface area contributed by atoms with E-state index in [2.05, 4.69) is 15.4 Å². The van der Waals surface area contributed by atoms with Gasteiger partial charge in [-0.1, -0.05) is 53.4 Å². The Morgan fingerprint density at radius 3 is 2.30 bits per heavy atom. The van der Waals surface area contributed by atoms with Gasteiger partial charge in [-0.3, -0.25) is 15.2 Å². The molecule has 1 fully saturated rings. The highest BCUT2D eigenvalue weighted by Gasteiger charge is 2.20. The first-order valence-electron chi connectivity index (χ1n) is 9.65. The first kappa shape index (κ1) is 21.1. The Labute approximate surface area is 190 Å². The van der Waals surface area contributed by atoms with Crippen LogP contribution in [0.1, 0.15) is 29.8 Å². The van der Waals surface area contributed by atoms with Crippen molar-refractivity contribution in [3.63, 3.8) is 0 Å². The van der Waals surface area contributed by atoms with Crippen LogP contribution in [-0.2, 0) is 0 Å². The van der Waals surface area contributed by atoms with Gasteiger partial charge in [0.15, 0.2) is 0 Å². The van der Waals surface area contributed by atoms with Crippen LogP contribution in [0.25, 0.3) is 22.5 Å². The van der Waals surface area contributed by atoms with Crippen LogP contribution < -0.4 is 5.43 Å². The summed E-state index contributed by atoms with van der Waals surface area (Å²) in [5, 5.41) is 3.50. The lowest BCUT2D eigenvalue weighted by Crippen LogP contribution is -2.45. The fraction of sp³-hybridized carbons (Fsp3) is 0.227. The van der Waals surface area contributed by atoms with Crippen molar-refractivity contribution in [2.75, 3.05) is 13.1 Å². The summed E-state index contributed by atoms with van der Waals surface area (Å²) in [5.74, 6) is -0.293. The van der Waals surface area contributed by atoms with E-state index in [9.17, 15) is 4.79 Å². The molecule has 8 heteroatoms. The molecule has 1 aliphatic rings. The highest BCUT2D eigenvalue weighted by atomic mass is 35.5. The zero-order valence-corrected chi connectivity index (χ0v) is 18.3. The largest absolute Gasteiger partial charge is 0.285 e. The Morgan fingerprint density at radius 2 is 1.60 bits per heavy atom. The van der Waals surface area contributed by atoms with Crippen molar-refractivity contribution < 1.29 is 4.79 Å². The summed E-state index contributed by atoms with van der Waals surface area (Å²) in [7, 11) is 0. The van der Waals surface area contributed by atoms with Crippen molar-refractivity contribution in [2.24, 2.45) is 0 Å². The molecule has 1 N–H and O–H groups in total. The van der Waals surface area contributed by atoms with Crippen LogP contribution >= 0.6 is 34.8 Å². The number of nitrogens with zero attached hydrogens (tertiary/aromatic N) is 3. The van der Waals surface area contributed by atoms with Crippen LogP contribution in [0.5, 0.6) is 0 Å². The number of hydrogen-bond acceptors (Lipinski definition) is 4. The van der Waals surface area contributed by atoms with E-state index in [-0.39, 0.29) is 11.6 Å². The first-order chi connectivity index (χ1) is 14.5. The van der Waals surface area contributed by atoms with E-state index < -0.39 is 0 Å². The van der Waals surface area contributed by atoms with Crippen LogP contribution in [0.4, 0.5) is 0 Å². The second-order valence-corrected chi connectivity index (χ2v) is 8.35. The van der Waals surface area contributed by atoms with Gasteiger partial charge in [-0.2, -0.15) is 0 Å². The van der Waals surface area contributed by atoms with E-state index >= 15 is 0 Å². The number of halogens is 3. The zero-order valence-electron chi connectivity index (χ0n) is 16.0. The molecule has 154 valence electrons. The molecular formula is C22H19Cl3N4O. The number of amides is 1. The molecule has 0 aliphatic carbocycles. The quantitative estimate of drug-likeness (QED) is 0.525. The van der Waals surface area contributed by atoms with E-state index in [1.807, 2.05) is 17.1 Å². The molecular weight excluding hydrogens is 443 g/mol. The van der Waals surface area contributed by atoms with Crippen molar-refractivity contribution >= 4 is 40.7 Å². The molecule has 0 atom stereocenters. The molecule has 3 aromatic rings. The maximum atomic E-state index is 12.8. The van der Waals surface area contributed by atoms with Gasteiger partial charge in [0, 0.05) is 34.3 Å². The standard InChI is InChI=1S/C22H19Cl3N4O/c23-15-6-4-14(5-7-15)20-21(17-9-8-16(24)12-18(17)25)27-19(13-26-20)22(30)28-29-10-2-1-3-11-29/h4-9,12-13H,1-3,10-11H2,(H,28,30). The fourth-order valence-corrected chi connectivity index (χ4v) is 4.02. The number of carbonyl (C=O) groups is 1. The minimum absolute atomic E-state index is 0.222. The zero-order chi connectivity index (χ0) is 21.1. The van der Waals surface area contributed by atoms with Gasteiger partial charge in [-0.15, -0.1) is 0 Å². The van der Waals surface area contributed by atoms with E-state index in [0.29, 0.717) is 32.0 Å². The number of hydrazine groups is 1.